The minimum absolute atomic E-state index is 0.0165. The Kier molecular flexibility index (Phi) is 6.36. The summed E-state index contributed by atoms with van der Waals surface area (Å²) in [5.41, 5.74) is 3.75. The van der Waals surface area contributed by atoms with E-state index in [1.54, 1.807) is 6.07 Å². The van der Waals surface area contributed by atoms with Gasteiger partial charge in [-0.25, -0.2) is 13.2 Å². The van der Waals surface area contributed by atoms with Crippen molar-refractivity contribution < 1.29 is 18.4 Å². The van der Waals surface area contributed by atoms with E-state index in [9.17, 15) is 18.4 Å². The van der Waals surface area contributed by atoms with E-state index in [2.05, 4.69) is 15.4 Å². The maximum absolute atomic E-state index is 12.8. The lowest BCUT2D eigenvalue weighted by Gasteiger charge is -2.21. The molecule has 4 aromatic carbocycles. The topological polar surface area (TPSA) is 111 Å². The molecule has 0 fully saturated rings. The van der Waals surface area contributed by atoms with Gasteiger partial charge in [0.15, 0.2) is 0 Å². The largest absolute Gasteiger partial charge is 0.346 e. The van der Waals surface area contributed by atoms with Crippen molar-refractivity contribution in [3.63, 3.8) is 0 Å². The molecule has 0 bridgehead atoms. The molecule has 36 heavy (non-hydrogen) atoms. The third-order valence-corrected chi connectivity index (χ3v) is 7.70. The highest BCUT2D eigenvalue weighted by molar-refractivity contribution is 7.92. The van der Waals surface area contributed by atoms with E-state index in [-0.39, 0.29) is 16.6 Å². The van der Waals surface area contributed by atoms with E-state index in [1.807, 2.05) is 61.5 Å². The monoisotopic (exact) mass is 502 g/mol. The molecule has 2 amide bonds. The Labute approximate surface area is 209 Å². The van der Waals surface area contributed by atoms with Crippen LogP contribution in [0.5, 0.6) is 0 Å². The quantitative estimate of drug-likeness (QED) is 0.221. The number of hydrogen-bond acceptors (Lipinski definition) is 5. The van der Waals surface area contributed by atoms with Crippen molar-refractivity contribution in [2.24, 2.45) is 0 Å². The van der Waals surface area contributed by atoms with Crippen molar-refractivity contribution in [3.8, 4) is 0 Å². The van der Waals surface area contributed by atoms with Crippen molar-refractivity contribution in [3.05, 3.63) is 102 Å². The van der Waals surface area contributed by atoms with Crippen LogP contribution < -0.4 is 20.4 Å². The molecule has 0 spiro atoms. The molecule has 8 nitrogen and oxygen atoms in total. The third kappa shape index (κ3) is 4.76. The molecule has 0 radical (unpaired) electrons. The normalized spacial score (nSPS) is 13.7. The van der Waals surface area contributed by atoms with E-state index < -0.39 is 16.1 Å². The number of amides is 2. The second kappa shape index (κ2) is 9.62. The summed E-state index contributed by atoms with van der Waals surface area (Å²) >= 11 is 0. The Hall–Kier alpha value is -3.92. The molecule has 4 N–H and O–H groups in total. The Morgan fingerprint density at radius 2 is 1.67 bits per heavy atom. The summed E-state index contributed by atoms with van der Waals surface area (Å²) in [6, 6.07) is 23.5. The summed E-state index contributed by atoms with van der Waals surface area (Å²) in [5.74, 6) is 0. The summed E-state index contributed by atoms with van der Waals surface area (Å²) in [7, 11) is -3.84. The van der Waals surface area contributed by atoms with Gasteiger partial charge in [0, 0.05) is 18.8 Å². The summed E-state index contributed by atoms with van der Waals surface area (Å²) in [6.07, 6.45) is 0. The average Bonchev–Trinajstić information content (AvgIpc) is 3.35. The molecule has 1 aliphatic heterocycles. The molecule has 1 atom stereocenters. The summed E-state index contributed by atoms with van der Waals surface area (Å²) < 4.78 is 28.3. The van der Waals surface area contributed by atoms with Crippen LogP contribution in [0.25, 0.3) is 10.8 Å². The second-order valence-corrected chi connectivity index (χ2v) is 10.4. The van der Waals surface area contributed by atoms with Gasteiger partial charge < -0.3 is 10.6 Å². The molecule has 1 unspecified atom stereocenters. The Morgan fingerprint density at radius 3 is 2.47 bits per heavy atom. The van der Waals surface area contributed by atoms with Gasteiger partial charge >= 0.3 is 6.03 Å². The molecule has 4 aromatic rings. The number of nitrogens with zero attached hydrogens (tertiary/aromatic N) is 1. The first-order chi connectivity index (χ1) is 17.3. The van der Waals surface area contributed by atoms with Crippen LogP contribution in [0, 0.1) is 0 Å². The molecule has 9 heteroatoms. The van der Waals surface area contributed by atoms with Crippen LogP contribution in [0.2, 0.25) is 0 Å². The van der Waals surface area contributed by atoms with Crippen LogP contribution in [0.15, 0.2) is 89.8 Å². The maximum atomic E-state index is 12.8. The molecule has 184 valence electrons. The molecule has 5 rings (SSSR count). The van der Waals surface area contributed by atoms with E-state index in [0.717, 1.165) is 34.0 Å². The lowest BCUT2D eigenvalue weighted by atomic mass is 10.00. The van der Waals surface area contributed by atoms with Crippen molar-refractivity contribution in [2.45, 2.75) is 31.0 Å². The number of benzene rings is 4. The predicted molar refractivity (Wildman–Crippen MR) is 139 cm³/mol. The smallest absolute Gasteiger partial charge is 0.329 e. The van der Waals surface area contributed by atoms with Gasteiger partial charge in [-0.2, -0.15) is 5.06 Å². The molecule has 1 heterocycles. The molecule has 1 aliphatic rings. The number of fused-ring (bicyclic) bond motifs is 2. The van der Waals surface area contributed by atoms with Gasteiger partial charge in [-0.15, -0.1) is 0 Å². The SMILES string of the molecule is CC(NC(=O)N(O)c1ccc(S(=O)(=O)Nc2ccc3c(c2)CNC3)cc1)c1cccc2ccccc12. The first kappa shape index (κ1) is 23.8. The fraction of sp³-hybridized carbons (Fsp3) is 0.148. The number of urea groups is 1. The van der Waals surface area contributed by atoms with Crippen LogP contribution >= 0.6 is 0 Å². The highest BCUT2D eigenvalue weighted by Gasteiger charge is 2.20. The minimum atomic E-state index is -3.84. The zero-order chi connectivity index (χ0) is 25.3. The zero-order valence-corrected chi connectivity index (χ0v) is 20.4. The van der Waals surface area contributed by atoms with Gasteiger partial charge in [0.1, 0.15) is 0 Å². The molecule has 0 saturated carbocycles. The second-order valence-electron chi connectivity index (χ2n) is 8.74. The van der Waals surface area contributed by atoms with Gasteiger partial charge in [0.2, 0.25) is 0 Å². The van der Waals surface area contributed by atoms with E-state index in [1.165, 1.54) is 24.3 Å². The van der Waals surface area contributed by atoms with Gasteiger partial charge in [-0.05, 0) is 70.8 Å². The minimum Gasteiger partial charge on any atom is -0.329 e. The molecular weight excluding hydrogens is 476 g/mol. The number of carbonyl (C=O) groups excluding carboxylic acids is 1. The van der Waals surface area contributed by atoms with Gasteiger partial charge in [-0.3, -0.25) is 9.93 Å². The number of hydrogen-bond donors (Lipinski definition) is 4. The number of anilines is 2. The average molecular weight is 503 g/mol. The van der Waals surface area contributed by atoms with Crippen molar-refractivity contribution in [2.75, 3.05) is 9.79 Å². The fourth-order valence-corrected chi connectivity index (χ4v) is 5.46. The van der Waals surface area contributed by atoms with Crippen molar-refractivity contribution >= 4 is 38.2 Å². The summed E-state index contributed by atoms with van der Waals surface area (Å²) in [4.78, 5) is 12.7. The molecule has 0 aliphatic carbocycles. The molecular formula is C27H26N4O4S. The van der Waals surface area contributed by atoms with Gasteiger partial charge in [0.05, 0.1) is 16.6 Å². The Bertz CT molecular complexity index is 1530. The zero-order valence-electron chi connectivity index (χ0n) is 19.6. The predicted octanol–water partition coefficient (Wildman–Crippen LogP) is 4.91. The molecule has 0 saturated heterocycles. The summed E-state index contributed by atoms with van der Waals surface area (Å²) in [6.45, 7) is 3.31. The number of carbonyl (C=O) groups is 1. The van der Waals surface area contributed by atoms with Crippen molar-refractivity contribution in [1.29, 1.82) is 0 Å². The fourth-order valence-electron chi connectivity index (χ4n) is 4.41. The van der Waals surface area contributed by atoms with Crippen LogP contribution in [0.3, 0.4) is 0 Å². The summed E-state index contributed by atoms with van der Waals surface area (Å²) in [5, 5.41) is 19.0. The van der Waals surface area contributed by atoms with Crippen LogP contribution in [-0.2, 0) is 23.1 Å². The first-order valence-corrected chi connectivity index (χ1v) is 13.0. The van der Waals surface area contributed by atoms with Crippen LogP contribution in [0.4, 0.5) is 16.2 Å². The standard InChI is InChI=1S/C27H26N4O4S/c1-18(25-8-4-6-19-5-2-3-7-26(19)25)29-27(32)31(33)23-11-13-24(14-12-23)36(34,35)30-22-10-9-20-16-28-17-21(20)15-22/h2-15,18,28,30,33H,16-17H2,1H3,(H,29,32). The maximum Gasteiger partial charge on any atom is 0.346 e. The highest BCUT2D eigenvalue weighted by atomic mass is 32.2. The van der Waals surface area contributed by atoms with Gasteiger partial charge in [-0.1, -0.05) is 48.5 Å². The highest BCUT2D eigenvalue weighted by Crippen LogP contribution is 2.26. The van der Waals surface area contributed by atoms with Gasteiger partial charge in [0.25, 0.3) is 10.0 Å². The molecule has 0 aromatic heterocycles. The number of sulfonamides is 1. The van der Waals surface area contributed by atoms with Crippen LogP contribution in [0.1, 0.15) is 29.7 Å². The number of hydroxylamine groups is 1. The van der Waals surface area contributed by atoms with E-state index in [4.69, 9.17) is 0 Å². The van der Waals surface area contributed by atoms with Crippen molar-refractivity contribution in [1.82, 2.24) is 10.6 Å². The van der Waals surface area contributed by atoms with Crippen LogP contribution in [-0.4, -0.2) is 19.7 Å². The van der Waals surface area contributed by atoms with E-state index in [0.29, 0.717) is 17.3 Å². The number of nitrogens with one attached hydrogen (secondary N) is 3. The third-order valence-electron chi connectivity index (χ3n) is 6.30. The van der Waals surface area contributed by atoms with E-state index >= 15 is 0 Å². The first-order valence-electron chi connectivity index (χ1n) is 11.5. The lowest BCUT2D eigenvalue weighted by Crippen LogP contribution is -2.39. The number of rotatable bonds is 6. The Morgan fingerprint density at radius 1 is 0.944 bits per heavy atom. The lowest BCUT2D eigenvalue weighted by molar-refractivity contribution is 0.202. The Balaban J connectivity index is 1.27.